The fourth-order valence-electron chi connectivity index (χ4n) is 3.26. The van der Waals surface area contributed by atoms with Gasteiger partial charge in [0.2, 0.25) is 5.43 Å². The molecule has 0 aliphatic heterocycles. The summed E-state index contributed by atoms with van der Waals surface area (Å²) < 4.78 is 15.5. The molecule has 0 aliphatic rings. The number of pyridine rings is 2. The van der Waals surface area contributed by atoms with E-state index in [1.807, 2.05) is 13.8 Å². The first kappa shape index (κ1) is 19.7. The number of benzene rings is 1. The first-order valence-corrected chi connectivity index (χ1v) is 8.94. The van der Waals surface area contributed by atoms with Crippen LogP contribution in [0.15, 0.2) is 47.5 Å². The van der Waals surface area contributed by atoms with Gasteiger partial charge in [-0.15, -0.1) is 0 Å². The largest absolute Gasteiger partial charge is 0.477 e. The maximum absolute atomic E-state index is 14.0. The quantitative estimate of drug-likeness (QED) is 0.682. The summed E-state index contributed by atoms with van der Waals surface area (Å²) in [6.45, 7) is 3.54. The van der Waals surface area contributed by atoms with Gasteiger partial charge in [-0.1, -0.05) is 32.0 Å². The topological polar surface area (TPSA) is 92.4 Å². The van der Waals surface area contributed by atoms with Crippen molar-refractivity contribution >= 4 is 17.0 Å². The molecule has 3 rings (SSSR count). The average Bonchev–Trinajstić information content (AvgIpc) is 2.65. The molecule has 0 bridgehead atoms. The molecule has 2 heterocycles. The summed E-state index contributed by atoms with van der Waals surface area (Å²) in [5.74, 6) is -1.72. The minimum atomic E-state index is -1.35. The minimum Gasteiger partial charge on any atom is -0.477 e. The highest BCUT2D eigenvalue weighted by Crippen LogP contribution is 2.23. The Bertz CT molecular complexity index is 1090. The molecule has 0 radical (unpaired) electrons. The molecule has 6 nitrogen and oxygen atoms in total. The van der Waals surface area contributed by atoms with E-state index >= 15 is 0 Å². The number of rotatable bonds is 6. The number of aliphatic hydroxyl groups is 1. The molecule has 0 amide bonds. The lowest BCUT2D eigenvalue weighted by molar-refractivity contribution is 0.0694. The second-order valence-electron chi connectivity index (χ2n) is 7.06. The molecule has 0 unspecified atom stereocenters. The van der Waals surface area contributed by atoms with Crippen molar-refractivity contribution in [2.45, 2.75) is 26.3 Å². The third kappa shape index (κ3) is 3.66. The third-order valence-corrected chi connectivity index (χ3v) is 4.82. The molecular formula is C21H21FN2O4. The monoisotopic (exact) mass is 384 g/mol. The number of carboxylic acid groups (broad SMARTS) is 1. The van der Waals surface area contributed by atoms with Crippen LogP contribution in [0.4, 0.5) is 4.39 Å². The van der Waals surface area contributed by atoms with Gasteiger partial charge in [-0.2, -0.15) is 0 Å². The fourth-order valence-corrected chi connectivity index (χ4v) is 3.26. The van der Waals surface area contributed by atoms with E-state index < -0.39 is 23.0 Å². The number of hydrogen-bond acceptors (Lipinski definition) is 4. The minimum absolute atomic E-state index is 0.0164. The Morgan fingerprint density at radius 3 is 2.61 bits per heavy atom. The van der Waals surface area contributed by atoms with Crippen LogP contribution in [0.25, 0.3) is 11.0 Å². The molecule has 0 saturated carbocycles. The van der Waals surface area contributed by atoms with E-state index in [1.54, 1.807) is 30.5 Å². The summed E-state index contributed by atoms with van der Waals surface area (Å²) in [5.41, 5.74) is 0.293. The smallest absolute Gasteiger partial charge is 0.341 e. The molecule has 0 spiro atoms. The molecule has 28 heavy (non-hydrogen) atoms. The van der Waals surface area contributed by atoms with Gasteiger partial charge in [0, 0.05) is 18.8 Å². The van der Waals surface area contributed by atoms with Crippen LogP contribution in [0.5, 0.6) is 0 Å². The summed E-state index contributed by atoms with van der Waals surface area (Å²) in [4.78, 5) is 28.6. The number of aromatic nitrogens is 2. The number of aromatic carboxylic acids is 1. The standard InChI is InChI=1S/C21H21FN2O4/c1-12(2)18(11-25)24-10-16(21(27)28)19(26)15-8-13(9-23-20(15)24)7-14-5-3-4-6-17(14)22/h3-6,8-10,12,18,25H,7,11H2,1-2H3,(H,27,28)/t18-/m1/s1. The Labute approximate surface area is 160 Å². The van der Waals surface area contributed by atoms with Crippen LogP contribution in [0.2, 0.25) is 0 Å². The zero-order valence-electron chi connectivity index (χ0n) is 15.6. The zero-order chi connectivity index (χ0) is 20.4. The molecule has 2 N–H and O–H groups in total. The second kappa shape index (κ2) is 7.90. The summed E-state index contributed by atoms with van der Waals surface area (Å²) in [6, 6.07) is 7.42. The summed E-state index contributed by atoms with van der Waals surface area (Å²) in [6.07, 6.45) is 3.00. The van der Waals surface area contributed by atoms with E-state index in [2.05, 4.69) is 4.98 Å². The van der Waals surface area contributed by atoms with E-state index in [9.17, 15) is 24.2 Å². The molecule has 1 atom stereocenters. The number of hydrogen-bond donors (Lipinski definition) is 2. The van der Waals surface area contributed by atoms with Gasteiger partial charge in [0.15, 0.2) is 0 Å². The molecule has 1 aromatic carbocycles. The van der Waals surface area contributed by atoms with E-state index in [4.69, 9.17) is 0 Å². The van der Waals surface area contributed by atoms with Gasteiger partial charge in [0.25, 0.3) is 0 Å². The van der Waals surface area contributed by atoms with Crippen LogP contribution in [0.3, 0.4) is 0 Å². The molecule has 0 aliphatic carbocycles. The van der Waals surface area contributed by atoms with Gasteiger partial charge >= 0.3 is 5.97 Å². The third-order valence-electron chi connectivity index (χ3n) is 4.82. The normalized spacial score (nSPS) is 12.5. The van der Waals surface area contributed by atoms with Crippen LogP contribution in [0, 0.1) is 11.7 Å². The van der Waals surface area contributed by atoms with E-state index in [0.717, 1.165) is 0 Å². The summed E-state index contributed by atoms with van der Waals surface area (Å²) >= 11 is 0. The average molecular weight is 384 g/mol. The van der Waals surface area contributed by atoms with Crippen LogP contribution >= 0.6 is 0 Å². The van der Waals surface area contributed by atoms with Crippen molar-refractivity contribution in [3.8, 4) is 0 Å². The highest BCUT2D eigenvalue weighted by atomic mass is 19.1. The van der Waals surface area contributed by atoms with Crippen LogP contribution in [-0.4, -0.2) is 32.3 Å². The van der Waals surface area contributed by atoms with Gasteiger partial charge in [-0.05, 0) is 29.2 Å². The van der Waals surface area contributed by atoms with Gasteiger partial charge in [0.05, 0.1) is 18.0 Å². The number of carbonyl (C=O) groups is 1. The Hall–Kier alpha value is -3.06. The lowest BCUT2D eigenvalue weighted by Crippen LogP contribution is -2.26. The molecule has 146 valence electrons. The molecule has 7 heteroatoms. The van der Waals surface area contributed by atoms with E-state index in [1.165, 1.54) is 16.8 Å². The maximum atomic E-state index is 14.0. The van der Waals surface area contributed by atoms with Gasteiger partial charge in [-0.3, -0.25) is 4.79 Å². The number of aliphatic hydroxyl groups excluding tert-OH is 1. The fraction of sp³-hybridized carbons (Fsp3) is 0.286. The van der Waals surface area contributed by atoms with Crippen molar-refractivity contribution in [2.75, 3.05) is 6.61 Å². The molecular weight excluding hydrogens is 363 g/mol. The van der Waals surface area contributed by atoms with Crippen LogP contribution in [-0.2, 0) is 6.42 Å². The van der Waals surface area contributed by atoms with Crippen molar-refractivity contribution in [1.82, 2.24) is 9.55 Å². The highest BCUT2D eigenvalue weighted by Gasteiger charge is 2.22. The Morgan fingerprint density at radius 1 is 1.29 bits per heavy atom. The molecule has 3 aromatic rings. The van der Waals surface area contributed by atoms with Gasteiger partial charge in [-0.25, -0.2) is 14.2 Å². The van der Waals surface area contributed by atoms with Crippen LogP contribution < -0.4 is 5.43 Å². The summed E-state index contributed by atoms with van der Waals surface area (Å²) in [7, 11) is 0. The Kier molecular flexibility index (Phi) is 5.56. The number of halogens is 1. The van der Waals surface area contributed by atoms with Gasteiger partial charge < -0.3 is 14.8 Å². The summed E-state index contributed by atoms with van der Waals surface area (Å²) in [5, 5.41) is 19.3. The van der Waals surface area contributed by atoms with Gasteiger partial charge in [0.1, 0.15) is 17.0 Å². The lowest BCUT2D eigenvalue weighted by Gasteiger charge is -2.24. The number of nitrogens with zero attached hydrogens (tertiary/aromatic N) is 2. The molecule has 2 aromatic heterocycles. The van der Waals surface area contributed by atoms with Crippen molar-refractivity contribution in [3.63, 3.8) is 0 Å². The van der Waals surface area contributed by atoms with Crippen molar-refractivity contribution in [1.29, 1.82) is 0 Å². The first-order valence-electron chi connectivity index (χ1n) is 8.94. The van der Waals surface area contributed by atoms with Crippen LogP contribution in [0.1, 0.15) is 41.4 Å². The number of fused-ring (bicyclic) bond motifs is 1. The predicted molar refractivity (Wildman–Crippen MR) is 103 cm³/mol. The molecule has 0 saturated heterocycles. The maximum Gasteiger partial charge on any atom is 0.341 e. The zero-order valence-corrected chi connectivity index (χ0v) is 15.6. The lowest BCUT2D eigenvalue weighted by atomic mass is 10.0. The van der Waals surface area contributed by atoms with Crippen molar-refractivity contribution < 1.29 is 19.4 Å². The van der Waals surface area contributed by atoms with E-state index in [-0.39, 0.29) is 30.1 Å². The van der Waals surface area contributed by atoms with Crippen molar-refractivity contribution in [3.05, 3.63) is 75.5 Å². The predicted octanol–water partition coefficient (Wildman–Crippen LogP) is 3.01. The SMILES string of the molecule is CC(C)[C@@H](CO)n1cc(C(=O)O)c(=O)c2cc(Cc3ccccc3F)cnc21. The van der Waals surface area contributed by atoms with E-state index in [0.29, 0.717) is 16.8 Å². The van der Waals surface area contributed by atoms with Crippen molar-refractivity contribution in [2.24, 2.45) is 5.92 Å². The Balaban J connectivity index is 2.21. The Morgan fingerprint density at radius 2 is 2.00 bits per heavy atom. The molecule has 0 fully saturated rings. The second-order valence-corrected chi connectivity index (χ2v) is 7.06. The first-order chi connectivity index (χ1) is 13.3. The highest BCUT2D eigenvalue weighted by molar-refractivity contribution is 5.91. The number of carboxylic acids is 1.